The first kappa shape index (κ1) is 23.5. The summed E-state index contributed by atoms with van der Waals surface area (Å²) in [5, 5.41) is 18.4. The number of hydrogen-bond donors (Lipinski definition) is 2. The van der Waals surface area contributed by atoms with Gasteiger partial charge in [0.2, 0.25) is 0 Å². The van der Waals surface area contributed by atoms with E-state index in [-0.39, 0.29) is 22.0 Å². The van der Waals surface area contributed by atoms with Crippen molar-refractivity contribution in [2.45, 2.75) is 26.2 Å². The number of fused-ring (bicyclic) bond motifs is 1. The van der Waals surface area contributed by atoms with Gasteiger partial charge in [0.15, 0.2) is 5.76 Å². The van der Waals surface area contributed by atoms with Gasteiger partial charge in [0.1, 0.15) is 10.8 Å². The minimum atomic E-state index is -0.664. The summed E-state index contributed by atoms with van der Waals surface area (Å²) in [4.78, 5) is 35.8. The van der Waals surface area contributed by atoms with Crippen molar-refractivity contribution in [3.63, 3.8) is 0 Å². The Labute approximate surface area is 203 Å². The van der Waals surface area contributed by atoms with Gasteiger partial charge in [-0.05, 0) is 44.0 Å². The topological polar surface area (TPSA) is 127 Å². The van der Waals surface area contributed by atoms with E-state index >= 15 is 0 Å². The molecule has 0 spiro atoms. The van der Waals surface area contributed by atoms with Gasteiger partial charge in [-0.2, -0.15) is 5.10 Å². The van der Waals surface area contributed by atoms with Crippen molar-refractivity contribution in [3.8, 4) is 0 Å². The zero-order valence-corrected chi connectivity index (χ0v) is 19.4. The minimum Gasteiger partial charge on any atom is -0.455 e. The van der Waals surface area contributed by atoms with Crippen LogP contribution in [0.3, 0.4) is 0 Å². The molecule has 0 bridgehead atoms. The predicted octanol–water partition coefficient (Wildman–Crippen LogP) is 5.53. The van der Waals surface area contributed by atoms with Crippen LogP contribution in [0.4, 0.5) is 11.4 Å². The second-order valence-corrected chi connectivity index (χ2v) is 8.38. The van der Waals surface area contributed by atoms with E-state index in [1.54, 1.807) is 31.2 Å². The Balaban J connectivity index is 1.57. The third-order valence-electron chi connectivity index (χ3n) is 5.35. The lowest BCUT2D eigenvalue weighted by molar-refractivity contribution is -0.384. The second-order valence-electron chi connectivity index (χ2n) is 7.56. The molecule has 9 nitrogen and oxygen atoms in total. The molecule has 0 atom stereocenters. The van der Waals surface area contributed by atoms with Crippen LogP contribution in [0.25, 0.3) is 0 Å². The Hall–Kier alpha value is -3.69. The zero-order valence-electron chi connectivity index (χ0n) is 17.9. The summed E-state index contributed by atoms with van der Waals surface area (Å²) in [6, 6.07) is 10.6. The van der Waals surface area contributed by atoms with Crippen LogP contribution in [0.1, 0.15) is 50.6 Å². The van der Waals surface area contributed by atoms with Crippen LogP contribution in [-0.2, 0) is 6.42 Å². The fourth-order valence-electron chi connectivity index (χ4n) is 3.71. The molecule has 4 rings (SSSR count). The number of nitro groups is 1. The van der Waals surface area contributed by atoms with Crippen molar-refractivity contribution < 1.29 is 18.9 Å². The largest absolute Gasteiger partial charge is 0.455 e. The number of benzene rings is 2. The van der Waals surface area contributed by atoms with Gasteiger partial charge in [0.05, 0.1) is 21.3 Å². The van der Waals surface area contributed by atoms with Gasteiger partial charge >= 0.3 is 0 Å². The Morgan fingerprint density at radius 1 is 1.09 bits per heavy atom. The van der Waals surface area contributed by atoms with Crippen LogP contribution in [0.5, 0.6) is 0 Å². The molecule has 2 N–H and O–H groups in total. The predicted molar refractivity (Wildman–Crippen MR) is 128 cm³/mol. The van der Waals surface area contributed by atoms with E-state index in [4.69, 9.17) is 27.6 Å². The molecule has 174 valence electrons. The molecule has 34 heavy (non-hydrogen) atoms. The van der Waals surface area contributed by atoms with Crippen LogP contribution in [0.15, 0.2) is 52.0 Å². The molecule has 3 aromatic rings. The number of nitrogens with one attached hydrogen (secondary N) is 2. The van der Waals surface area contributed by atoms with Gasteiger partial charge in [-0.1, -0.05) is 35.3 Å². The van der Waals surface area contributed by atoms with Crippen LogP contribution >= 0.6 is 23.2 Å². The Morgan fingerprint density at radius 3 is 2.59 bits per heavy atom. The first-order valence-electron chi connectivity index (χ1n) is 10.3. The summed E-state index contributed by atoms with van der Waals surface area (Å²) < 4.78 is 5.85. The number of amides is 2. The highest BCUT2D eigenvalue weighted by atomic mass is 35.5. The van der Waals surface area contributed by atoms with Crippen molar-refractivity contribution >= 4 is 52.1 Å². The fourth-order valence-corrected chi connectivity index (χ4v) is 4.08. The maximum Gasteiger partial charge on any atom is 0.291 e. The maximum absolute atomic E-state index is 12.8. The average molecular weight is 501 g/mol. The number of para-hydroxylation sites is 1. The summed E-state index contributed by atoms with van der Waals surface area (Å²) in [5.74, 6) is -0.337. The van der Waals surface area contributed by atoms with Crippen LogP contribution in [-0.4, -0.2) is 22.4 Å². The minimum absolute atomic E-state index is 0.0419. The molecule has 0 saturated heterocycles. The maximum atomic E-state index is 12.8. The normalized spacial score (nSPS) is 13.9. The highest BCUT2D eigenvalue weighted by Gasteiger charge is 2.28. The molecule has 2 amide bonds. The number of anilines is 1. The number of halogens is 2. The van der Waals surface area contributed by atoms with Crippen molar-refractivity contribution in [2.75, 3.05) is 5.32 Å². The van der Waals surface area contributed by atoms with Gasteiger partial charge < -0.3 is 9.73 Å². The molecule has 2 aromatic carbocycles. The van der Waals surface area contributed by atoms with Gasteiger partial charge in [0.25, 0.3) is 17.5 Å². The summed E-state index contributed by atoms with van der Waals surface area (Å²) >= 11 is 11.9. The van der Waals surface area contributed by atoms with Gasteiger partial charge in [-0.15, -0.1) is 0 Å². The van der Waals surface area contributed by atoms with E-state index in [1.165, 1.54) is 12.1 Å². The van der Waals surface area contributed by atoms with Crippen molar-refractivity contribution in [3.05, 3.63) is 90.8 Å². The van der Waals surface area contributed by atoms with E-state index < -0.39 is 16.7 Å². The third kappa shape index (κ3) is 4.66. The lowest BCUT2D eigenvalue weighted by atomic mass is 9.93. The van der Waals surface area contributed by atoms with E-state index in [0.717, 1.165) is 6.07 Å². The fraction of sp³-hybridized carbons (Fsp3) is 0.174. The van der Waals surface area contributed by atoms with E-state index in [0.29, 0.717) is 52.6 Å². The number of furan rings is 1. The average Bonchev–Trinajstić information content (AvgIpc) is 3.16. The SMILES string of the molecule is Cc1c(C(=O)Nc2ccccc2Cl)oc2c1/C(=N/NC(=O)c1ccc(Cl)c([N+](=O)[O-])c1)CCC2. The standard InChI is InChI=1S/C23H18Cl2N4O5/c1-12-20-17(27-28-22(30)13-9-10-15(25)18(11-13)29(32)33)7-4-8-19(20)34-21(12)23(31)26-16-6-3-2-5-14(16)24/h2-3,5-6,9-11H,4,7-8H2,1H3,(H,26,31)(H,28,30)/b27-17+. The number of aryl methyl sites for hydroxylation is 1. The molecule has 1 aliphatic rings. The summed E-state index contributed by atoms with van der Waals surface area (Å²) in [7, 11) is 0. The molecule has 1 heterocycles. The Bertz CT molecular complexity index is 1350. The van der Waals surface area contributed by atoms with Crippen LogP contribution < -0.4 is 10.7 Å². The highest BCUT2D eigenvalue weighted by molar-refractivity contribution is 6.34. The number of carbonyl (C=O) groups is 2. The number of hydrogen-bond acceptors (Lipinski definition) is 6. The zero-order chi connectivity index (χ0) is 24.4. The summed E-state index contributed by atoms with van der Waals surface area (Å²) in [5.41, 5.74) is 4.37. The van der Waals surface area contributed by atoms with Crippen LogP contribution in [0.2, 0.25) is 10.0 Å². The first-order valence-corrected chi connectivity index (χ1v) is 11.0. The summed E-state index contributed by atoms with van der Waals surface area (Å²) in [6.07, 6.45) is 1.89. The highest BCUT2D eigenvalue weighted by Crippen LogP contribution is 2.31. The summed E-state index contributed by atoms with van der Waals surface area (Å²) in [6.45, 7) is 1.75. The Kier molecular flexibility index (Phi) is 6.67. The molecular formula is C23H18Cl2N4O5. The number of carbonyl (C=O) groups excluding carboxylic acids is 2. The molecule has 0 saturated carbocycles. The van der Waals surface area contributed by atoms with Gasteiger partial charge in [-0.3, -0.25) is 19.7 Å². The van der Waals surface area contributed by atoms with Gasteiger partial charge in [-0.25, -0.2) is 5.43 Å². The first-order chi connectivity index (χ1) is 16.3. The smallest absolute Gasteiger partial charge is 0.291 e. The van der Waals surface area contributed by atoms with Crippen molar-refractivity contribution in [1.29, 1.82) is 0 Å². The van der Waals surface area contributed by atoms with Crippen molar-refractivity contribution in [2.24, 2.45) is 5.10 Å². The monoisotopic (exact) mass is 500 g/mol. The number of nitrogens with zero attached hydrogens (tertiary/aromatic N) is 2. The number of rotatable bonds is 5. The molecule has 0 aliphatic heterocycles. The van der Waals surface area contributed by atoms with Gasteiger partial charge in [0, 0.05) is 29.2 Å². The van der Waals surface area contributed by atoms with E-state index in [2.05, 4.69) is 15.8 Å². The Morgan fingerprint density at radius 2 is 1.85 bits per heavy atom. The molecule has 0 unspecified atom stereocenters. The molecular weight excluding hydrogens is 483 g/mol. The second kappa shape index (κ2) is 9.66. The van der Waals surface area contributed by atoms with Crippen molar-refractivity contribution in [1.82, 2.24) is 5.43 Å². The lowest BCUT2D eigenvalue weighted by Gasteiger charge is -2.13. The van der Waals surface area contributed by atoms with E-state index in [1.807, 2.05) is 0 Å². The molecule has 11 heteroatoms. The third-order valence-corrected chi connectivity index (χ3v) is 6.00. The molecule has 1 aromatic heterocycles. The molecule has 0 fully saturated rings. The quantitative estimate of drug-likeness (QED) is 0.351. The molecule has 0 radical (unpaired) electrons. The molecule has 1 aliphatic carbocycles. The van der Waals surface area contributed by atoms with E-state index in [9.17, 15) is 19.7 Å². The lowest BCUT2D eigenvalue weighted by Crippen LogP contribution is -2.22. The number of nitro benzene ring substituents is 1. The number of hydrazone groups is 1. The van der Waals surface area contributed by atoms with Crippen LogP contribution in [0, 0.1) is 17.0 Å².